The molecule has 0 fully saturated rings. The Morgan fingerprint density at radius 3 is 2.58 bits per heavy atom. The Morgan fingerprint density at radius 2 is 1.92 bits per heavy atom. The highest BCUT2D eigenvalue weighted by molar-refractivity contribution is 9.11. The van der Waals surface area contributed by atoms with Crippen LogP contribution < -0.4 is 5.32 Å². The number of hydrogen-bond acceptors (Lipinski definition) is 6. The van der Waals surface area contributed by atoms with E-state index >= 15 is 0 Å². The van der Waals surface area contributed by atoms with Crippen molar-refractivity contribution in [1.29, 1.82) is 0 Å². The van der Waals surface area contributed by atoms with Crippen LogP contribution in [-0.4, -0.2) is 22.3 Å². The molecular weight excluding hydrogens is 408 g/mol. The number of hydrogen-bond donors (Lipinski definition) is 1. The predicted molar refractivity (Wildman–Crippen MR) is 103 cm³/mol. The van der Waals surface area contributed by atoms with Gasteiger partial charge in [0.25, 0.3) is 5.91 Å². The minimum Gasteiger partial charge on any atom is -0.296 e. The number of amides is 1. The molecule has 5 nitrogen and oxygen atoms in total. The number of nitrogens with one attached hydrogen (secondary N) is 1. The first-order valence-electron chi connectivity index (χ1n) is 7.02. The number of aryl methyl sites for hydroxylation is 2. The lowest BCUT2D eigenvalue weighted by Crippen LogP contribution is -2.12. The minimum atomic E-state index is -0.198. The van der Waals surface area contributed by atoms with E-state index in [-0.39, 0.29) is 5.91 Å². The first-order valence-corrected chi connectivity index (χ1v) is 9.45. The quantitative estimate of drug-likeness (QED) is 0.604. The summed E-state index contributed by atoms with van der Waals surface area (Å²) in [5, 5.41) is 11.6. The third kappa shape index (κ3) is 4.34. The van der Waals surface area contributed by atoms with Gasteiger partial charge < -0.3 is 0 Å². The molecule has 0 radical (unpaired) electrons. The summed E-state index contributed by atoms with van der Waals surface area (Å²) in [6.07, 6.45) is 1.73. The summed E-state index contributed by atoms with van der Waals surface area (Å²) in [5.74, 6) is -0.198. The van der Waals surface area contributed by atoms with Crippen molar-refractivity contribution in [2.24, 2.45) is 4.99 Å². The lowest BCUT2D eigenvalue weighted by Gasteiger charge is -2.04. The number of aliphatic imine (C=N–C) groups is 1. The number of thiophene rings is 1. The van der Waals surface area contributed by atoms with Crippen molar-refractivity contribution in [3.63, 3.8) is 0 Å². The molecule has 0 saturated carbocycles. The summed E-state index contributed by atoms with van der Waals surface area (Å²) in [7, 11) is 0. The van der Waals surface area contributed by atoms with E-state index in [0.29, 0.717) is 15.8 Å². The lowest BCUT2D eigenvalue weighted by molar-refractivity contribution is 0.102. The van der Waals surface area contributed by atoms with Crippen LogP contribution in [0.1, 0.15) is 26.4 Å². The molecule has 1 N–H and O–H groups in total. The second-order valence-corrected chi connectivity index (χ2v) is 8.57. The smallest absolute Gasteiger partial charge is 0.257 e. The monoisotopic (exact) mass is 420 g/mol. The number of carbonyl (C=O) groups excluding carboxylic acids is 1. The maximum absolute atomic E-state index is 12.3. The molecule has 122 valence electrons. The molecule has 1 aromatic carbocycles. The van der Waals surface area contributed by atoms with Crippen LogP contribution in [-0.2, 0) is 0 Å². The molecule has 2 aromatic heterocycles. The Kier molecular flexibility index (Phi) is 5.17. The molecule has 0 saturated heterocycles. The highest BCUT2D eigenvalue weighted by atomic mass is 79.9. The molecule has 0 spiro atoms. The standard InChI is InChI=1S/C16H13BrN4OS2/c1-9-5-10(2)7-11(6-9)14(22)19-16-21-20-15(24-16)18-8-12-3-4-13(17)23-12/h3-8H,1-2H3,(H,19,21,22)/b18-8+. The number of aromatic nitrogens is 2. The molecule has 0 unspecified atom stereocenters. The fourth-order valence-electron chi connectivity index (χ4n) is 2.11. The molecule has 24 heavy (non-hydrogen) atoms. The van der Waals surface area contributed by atoms with Crippen LogP contribution in [0.4, 0.5) is 10.3 Å². The van der Waals surface area contributed by atoms with Gasteiger partial charge >= 0.3 is 0 Å². The fourth-order valence-corrected chi connectivity index (χ4v) is 3.99. The van der Waals surface area contributed by atoms with Crippen LogP contribution in [0.15, 0.2) is 39.1 Å². The van der Waals surface area contributed by atoms with E-state index < -0.39 is 0 Å². The number of nitrogens with zero attached hydrogens (tertiary/aromatic N) is 3. The zero-order chi connectivity index (χ0) is 17.1. The van der Waals surface area contributed by atoms with Gasteiger partial charge in [-0.3, -0.25) is 10.1 Å². The summed E-state index contributed by atoms with van der Waals surface area (Å²) < 4.78 is 1.04. The summed E-state index contributed by atoms with van der Waals surface area (Å²) >= 11 is 6.22. The van der Waals surface area contributed by atoms with E-state index in [0.717, 1.165) is 19.8 Å². The van der Waals surface area contributed by atoms with Gasteiger partial charge in [0.15, 0.2) is 0 Å². The van der Waals surface area contributed by atoms with Crippen LogP contribution in [0.3, 0.4) is 0 Å². The van der Waals surface area contributed by atoms with Gasteiger partial charge in [-0.1, -0.05) is 28.5 Å². The van der Waals surface area contributed by atoms with Crippen molar-refractivity contribution in [2.75, 3.05) is 5.32 Å². The molecule has 0 aliphatic carbocycles. The van der Waals surface area contributed by atoms with Gasteiger partial charge in [-0.25, -0.2) is 4.99 Å². The molecule has 2 heterocycles. The van der Waals surface area contributed by atoms with E-state index in [1.165, 1.54) is 11.3 Å². The molecule has 1 amide bonds. The van der Waals surface area contributed by atoms with Gasteiger partial charge in [0, 0.05) is 16.7 Å². The average molecular weight is 421 g/mol. The topological polar surface area (TPSA) is 67.2 Å². The number of rotatable bonds is 4. The number of anilines is 1. The molecule has 0 bridgehead atoms. The maximum atomic E-state index is 12.3. The van der Waals surface area contributed by atoms with Gasteiger partial charge in [-0.05, 0) is 54.0 Å². The van der Waals surface area contributed by atoms with Gasteiger partial charge in [-0.15, -0.1) is 21.5 Å². The zero-order valence-corrected chi connectivity index (χ0v) is 16.1. The highest BCUT2D eigenvalue weighted by Gasteiger charge is 2.10. The zero-order valence-electron chi connectivity index (χ0n) is 12.9. The first-order chi connectivity index (χ1) is 11.5. The molecule has 3 aromatic rings. The van der Waals surface area contributed by atoms with Crippen LogP contribution in [0, 0.1) is 13.8 Å². The SMILES string of the molecule is Cc1cc(C)cc(C(=O)Nc2nnc(/N=C/c3ccc(Br)s3)s2)c1. The number of benzene rings is 1. The number of carbonyl (C=O) groups is 1. The second-order valence-electron chi connectivity index (χ2n) is 5.12. The predicted octanol–water partition coefficient (Wildman–Crippen LogP) is 4.98. The van der Waals surface area contributed by atoms with E-state index in [4.69, 9.17) is 0 Å². The Bertz CT molecular complexity index is 896. The summed E-state index contributed by atoms with van der Waals surface area (Å²) in [5.41, 5.74) is 2.70. The second kappa shape index (κ2) is 7.33. The molecular formula is C16H13BrN4OS2. The summed E-state index contributed by atoms with van der Waals surface area (Å²) in [6, 6.07) is 9.63. The van der Waals surface area contributed by atoms with E-state index in [1.807, 2.05) is 44.2 Å². The molecule has 3 rings (SSSR count). The normalized spacial score (nSPS) is 11.1. The van der Waals surface area contributed by atoms with Crippen molar-refractivity contribution in [2.45, 2.75) is 13.8 Å². The van der Waals surface area contributed by atoms with Gasteiger partial charge in [0.1, 0.15) is 0 Å². The van der Waals surface area contributed by atoms with Crippen molar-refractivity contribution in [1.82, 2.24) is 10.2 Å². The maximum Gasteiger partial charge on any atom is 0.257 e. The lowest BCUT2D eigenvalue weighted by atomic mass is 10.1. The first kappa shape index (κ1) is 16.9. The average Bonchev–Trinajstić information content (AvgIpc) is 3.13. The largest absolute Gasteiger partial charge is 0.296 e. The summed E-state index contributed by atoms with van der Waals surface area (Å²) in [4.78, 5) is 17.6. The fraction of sp³-hybridized carbons (Fsp3) is 0.125. The molecule has 0 aliphatic rings. The Balaban J connectivity index is 1.69. The van der Waals surface area contributed by atoms with Crippen LogP contribution in [0.2, 0.25) is 0 Å². The Labute approximate surface area is 155 Å². The van der Waals surface area contributed by atoms with Crippen molar-refractivity contribution in [3.05, 3.63) is 55.7 Å². The van der Waals surface area contributed by atoms with Crippen molar-refractivity contribution < 1.29 is 4.79 Å². The van der Waals surface area contributed by atoms with Crippen LogP contribution >= 0.6 is 38.6 Å². The van der Waals surface area contributed by atoms with E-state index in [1.54, 1.807) is 17.6 Å². The van der Waals surface area contributed by atoms with Gasteiger partial charge in [0.05, 0.1) is 3.79 Å². The van der Waals surface area contributed by atoms with Crippen molar-refractivity contribution >= 4 is 61.0 Å². The van der Waals surface area contributed by atoms with Crippen LogP contribution in [0.25, 0.3) is 0 Å². The minimum absolute atomic E-state index is 0.198. The molecule has 0 atom stereocenters. The van der Waals surface area contributed by atoms with E-state index in [2.05, 4.69) is 36.4 Å². The third-order valence-electron chi connectivity index (χ3n) is 3.01. The molecule has 8 heteroatoms. The highest BCUT2D eigenvalue weighted by Crippen LogP contribution is 2.25. The van der Waals surface area contributed by atoms with Crippen LogP contribution in [0.5, 0.6) is 0 Å². The third-order valence-corrected chi connectivity index (χ3v) is 5.32. The summed E-state index contributed by atoms with van der Waals surface area (Å²) in [6.45, 7) is 3.93. The van der Waals surface area contributed by atoms with Gasteiger partial charge in [0.2, 0.25) is 10.3 Å². The van der Waals surface area contributed by atoms with Gasteiger partial charge in [-0.2, -0.15) is 0 Å². The van der Waals surface area contributed by atoms with E-state index in [9.17, 15) is 4.79 Å². The number of halogens is 1. The Hall–Kier alpha value is -1.90. The van der Waals surface area contributed by atoms with Crippen molar-refractivity contribution in [3.8, 4) is 0 Å². The molecule has 0 aliphatic heterocycles. The Morgan fingerprint density at radius 1 is 1.17 bits per heavy atom.